The molecule has 1 N–H and O–H groups in total. The molecule has 4 rings (SSSR count). The van der Waals surface area contributed by atoms with Gasteiger partial charge in [-0.1, -0.05) is 29.8 Å². The van der Waals surface area contributed by atoms with Crippen LogP contribution in [0.5, 0.6) is 0 Å². The third-order valence-electron chi connectivity index (χ3n) is 5.78. The molecule has 0 bridgehead atoms. The molecule has 1 saturated heterocycles. The van der Waals surface area contributed by atoms with Crippen LogP contribution in [0.4, 0.5) is 0 Å². The van der Waals surface area contributed by atoms with E-state index < -0.39 is 0 Å². The molecule has 5 nitrogen and oxygen atoms in total. The molecule has 156 valence electrons. The number of benzene rings is 2. The zero-order valence-corrected chi connectivity index (χ0v) is 18.1. The highest BCUT2D eigenvalue weighted by atomic mass is 16.1. The Kier molecular flexibility index (Phi) is 6.00. The summed E-state index contributed by atoms with van der Waals surface area (Å²) >= 11 is 0. The summed E-state index contributed by atoms with van der Waals surface area (Å²) in [7, 11) is 0. The van der Waals surface area contributed by atoms with E-state index in [2.05, 4.69) is 46.8 Å². The predicted octanol–water partition coefficient (Wildman–Crippen LogP) is 4.49. The SMILES string of the molecule is CC(C)=CCN1CCC(NC(=O)c2ccc3c(c2)nc(C)n3-c2ccccc2)CC1. The highest BCUT2D eigenvalue weighted by Crippen LogP contribution is 2.22. The van der Waals surface area contributed by atoms with Gasteiger partial charge in [0.2, 0.25) is 0 Å². The number of carbonyl (C=O) groups excluding carboxylic acids is 1. The van der Waals surface area contributed by atoms with Gasteiger partial charge in [-0.2, -0.15) is 0 Å². The lowest BCUT2D eigenvalue weighted by Crippen LogP contribution is -2.44. The second kappa shape index (κ2) is 8.84. The minimum atomic E-state index is -0.00781. The topological polar surface area (TPSA) is 50.2 Å². The van der Waals surface area contributed by atoms with Crippen molar-refractivity contribution in [2.24, 2.45) is 0 Å². The Morgan fingerprint density at radius 1 is 1.13 bits per heavy atom. The first-order valence-corrected chi connectivity index (χ1v) is 10.7. The van der Waals surface area contributed by atoms with Crippen molar-refractivity contribution < 1.29 is 4.79 Å². The predicted molar refractivity (Wildman–Crippen MR) is 122 cm³/mol. The number of amides is 1. The van der Waals surface area contributed by atoms with Gasteiger partial charge in [0.05, 0.1) is 11.0 Å². The molecule has 1 aromatic heterocycles. The molecular formula is C25H30N4O. The van der Waals surface area contributed by atoms with Crippen LogP contribution in [0.1, 0.15) is 42.9 Å². The molecule has 0 saturated carbocycles. The normalized spacial score (nSPS) is 15.3. The van der Waals surface area contributed by atoms with Crippen molar-refractivity contribution in [3.05, 3.63) is 71.6 Å². The lowest BCUT2D eigenvalue weighted by atomic mass is 10.0. The van der Waals surface area contributed by atoms with Gasteiger partial charge in [0.1, 0.15) is 5.82 Å². The molecule has 0 atom stereocenters. The first-order valence-electron chi connectivity index (χ1n) is 10.7. The highest BCUT2D eigenvalue weighted by molar-refractivity contribution is 5.97. The molecule has 1 fully saturated rings. The van der Waals surface area contributed by atoms with E-state index in [1.165, 1.54) is 5.57 Å². The van der Waals surface area contributed by atoms with Crippen LogP contribution in [0.15, 0.2) is 60.2 Å². The fourth-order valence-electron chi connectivity index (χ4n) is 4.09. The maximum absolute atomic E-state index is 12.8. The number of fused-ring (bicyclic) bond motifs is 1. The van der Waals surface area contributed by atoms with Gasteiger partial charge in [0, 0.05) is 36.9 Å². The number of piperidine rings is 1. The fourth-order valence-corrected chi connectivity index (χ4v) is 4.09. The maximum Gasteiger partial charge on any atom is 0.251 e. The van der Waals surface area contributed by atoms with Gasteiger partial charge in [-0.3, -0.25) is 14.3 Å². The minimum Gasteiger partial charge on any atom is -0.349 e. The van der Waals surface area contributed by atoms with Crippen molar-refractivity contribution in [2.75, 3.05) is 19.6 Å². The second-order valence-corrected chi connectivity index (χ2v) is 8.36. The molecule has 5 heteroatoms. The van der Waals surface area contributed by atoms with Gasteiger partial charge in [-0.15, -0.1) is 0 Å². The van der Waals surface area contributed by atoms with Gasteiger partial charge in [0.15, 0.2) is 0 Å². The molecule has 0 aliphatic carbocycles. The van der Waals surface area contributed by atoms with Crippen molar-refractivity contribution in [2.45, 2.75) is 39.7 Å². The highest BCUT2D eigenvalue weighted by Gasteiger charge is 2.21. The number of aryl methyl sites for hydroxylation is 1. The van der Waals surface area contributed by atoms with Crippen LogP contribution in [0, 0.1) is 6.92 Å². The van der Waals surface area contributed by atoms with Gasteiger partial charge >= 0.3 is 0 Å². The third-order valence-corrected chi connectivity index (χ3v) is 5.78. The monoisotopic (exact) mass is 402 g/mol. The number of para-hydroxylation sites is 1. The molecule has 30 heavy (non-hydrogen) atoms. The molecule has 0 spiro atoms. The van der Waals surface area contributed by atoms with Crippen LogP contribution in [0.2, 0.25) is 0 Å². The number of hydrogen-bond acceptors (Lipinski definition) is 3. The Bertz CT molecular complexity index is 1060. The molecule has 0 radical (unpaired) electrons. The second-order valence-electron chi connectivity index (χ2n) is 8.36. The smallest absolute Gasteiger partial charge is 0.251 e. The van der Waals surface area contributed by atoms with Crippen LogP contribution in [0.25, 0.3) is 16.7 Å². The van der Waals surface area contributed by atoms with Crippen molar-refractivity contribution in [1.82, 2.24) is 19.8 Å². The van der Waals surface area contributed by atoms with Crippen molar-refractivity contribution in [1.29, 1.82) is 0 Å². The quantitative estimate of drug-likeness (QED) is 0.640. The Balaban J connectivity index is 1.44. The first kappa shape index (κ1) is 20.4. The summed E-state index contributed by atoms with van der Waals surface area (Å²) in [5.74, 6) is 0.907. The van der Waals surface area contributed by atoms with E-state index in [9.17, 15) is 4.79 Å². The number of hydrogen-bond donors (Lipinski definition) is 1. The largest absolute Gasteiger partial charge is 0.349 e. The molecule has 1 aliphatic heterocycles. The van der Waals surface area contributed by atoms with E-state index in [4.69, 9.17) is 4.98 Å². The standard InChI is InChI=1S/C25H30N4O/c1-18(2)11-14-28-15-12-21(13-16-28)27-25(30)20-9-10-24-23(17-20)26-19(3)29(24)22-7-5-4-6-8-22/h4-11,17,21H,12-16H2,1-3H3,(H,27,30). The number of aromatic nitrogens is 2. The number of imidazole rings is 1. The van der Waals surface area contributed by atoms with Crippen LogP contribution < -0.4 is 5.32 Å². The van der Waals surface area contributed by atoms with E-state index in [0.29, 0.717) is 5.56 Å². The van der Waals surface area contributed by atoms with E-state index in [0.717, 1.165) is 55.0 Å². The Hall–Kier alpha value is -2.92. The summed E-state index contributed by atoms with van der Waals surface area (Å²) in [5, 5.41) is 3.22. The van der Waals surface area contributed by atoms with Crippen molar-refractivity contribution in [3.8, 4) is 5.69 Å². The molecule has 2 aromatic carbocycles. The zero-order chi connectivity index (χ0) is 21.1. The Morgan fingerprint density at radius 2 is 1.87 bits per heavy atom. The number of rotatable bonds is 5. The molecular weight excluding hydrogens is 372 g/mol. The number of nitrogens with one attached hydrogen (secondary N) is 1. The summed E-state index contributed by atoms with van der Waals surface area (Å²) in [5.41, 5.74) is 4.97. The third kappa shape index (κ3) is 4.46. The van der Waals surface area contributed by atoms with Gasteiger partial charge in [0.25, 0.3) is 5.91 Å². The fraction of sp³-hybridized carbons (Fsp3) is 0.360. The summed E-state index contributed by atoms with van der Waals surface area (Å²) in [6.45, 7) is 9.31. The average Bonchev–Trinajstić information content (AvgIpc) is 3.08. The van der Waals surface area contributed by atoms with E-state index in [1.54, 1.807) is 0 Å². The summed E-state index contributed by atoms with van der Waals surface area (Å²) < 4.78 is 2.12. The molecule has 2 heterocycles. The van der Waals surface area contributed by atoms with E-state index >= 15 is 0 Å². The summed E-state index contributed by atoms with van der Waals surface area (Å²) in [4.78, 5) is 20.0. The van der Waals surface area contributed by atoms with Crippen molar-refractivity contribution in [3.63, 3.8) is 0 Å². The van der Waals surface area contributed by atoms with Crippen LogP contribution >= 0.6 is 0 Å². The number of allylic oxidation sites excluding steroid dienone is 1. The number of carbonyl (C=O) groups is 1. The Morgan fingerprint density at radius 3 is 2.57 bits per heavy atom. The molecule has 3 aromatic rings. The Labute approximate surface area is 178 Å². The number of nitrogens with zero attached hydrogens (tertiary/aromatic N) is 3. The van der Waals surface area contributed by atoms with E-state index in [1.807, 2.05) is 43.3 Å². The van der Waals surface area contributed by atoms with Crippen molar-refractivity contribution >= 4 is 16.9 Å². The van der Waals surface area contributed by atoms with Gasteiger partial charge in [-0.25, -0.2) is 4.98 Å². The average molecular weight is 403 g/mol. The van der Waals surface area contributed by atoms with Gasteiger partial charge < -0.3 is 5.32 Å². The zero-order valence-electron chi connectivity index (χ0n) is 18.1. The van der Waals surface area contributed by atoms with E-state index in [-0.39, 0.29) is 11.9 Å². The first-order chi connectivity index (χ1) is 14.5. The molecule has 1 aliphatic rings. The number of likely N-dealkylation sites (tertiary alicyclic amines) is 1. The molecule has 0 unspecified atom stereocenters. The summed E-state index contributed by atoms with van der Waals surface area (Å²) in [6.07, 6.45) is 4.25. The van der Waals surface area contributed by atoms with Crippen LogP contribution in [-0.2, 0) is 0 Å². The minimum absolute atomic E-state index is 0.00781. The lowest BCUT2D eigenvalue weighted by molar-refractivity contribution is 0.0914. The maximum atomic E-state index is 12.8. The van der Waals surface area contributed by atoms with Gasteiger partial charge in [-0.05, 0) is 63.9 Å². The summed E-state index contributed by atoms with van der Waals surface area (Å²) in [6, 6.07) is 16.2. The van der Waals surface area contributed by atoms with Crippen LogP contribution in [-0.4, -0.2) is 46.0 Å². The lowest BCUT2D eigenvalue weighted by Gasteiger charge is -2.31. The molecule has 1 amide bonds. The van der Waals surface area contributed by atoms with Crippen LogP contribution in [0.3, 0.4) is 0 Å².